The summed E-state index contributed by atoms with van der Waals surface area (Å²) in [5.41, 5.74) is 0.246. The third kappa shape index (κ3) is 4.21. The summed E-state index contributed by atoms with van der Waals surface area (Å²) < 4.78 is 75.6. The van der Waals surface area contributed by atoms with Gasteiger partial charge in [0.1, 0.15) is 21.3 Å². The van der Waals surface area contributed by atoms with Crippen LogP contribution in [-0.2, 0) is 20.2 Å². The molecule has 2 aromatic rings. The fraction of sp³-hybridized carbons (Fsp3) is 0.143. The average Bonchev–Trinajstić information content (AvgIpc) is 2.52. The van der Waals surface area contributed by atoms with Gasteiger partial charge in [0.05, 0.1) is 14.2 Å². The first-order valence-corrected chi connectivity index (χ1v) is 11.1. The van der Waals surface area contributed by atoms with Gasteiger partial charge in [0.25, 0.3) is 20.2 Å². The lowest BCUT2D eigenvalue weighted by Crippen LogP contribution is -2.03. The van der Waals surface area contributed by atoms with Crippen molar-refractivity contribution in [2.75, 3.05) is 14.2 Å². The third-order valence-electron chi connectivity index (χ3n) is 3.35. The Kier molecular flexibility index (Phi) is 6.05. The molecule has 2 N–H and O–H groups in total. The summed E-state index contributed by atoms with van der Waals surface area (Å²) in [5.74, 6) is 0.345. The molecular formula is C14H12Br2O8S2. The molecule has 12 heteroatoms. The predicted molar refractivity (Wildman–Crippen MR) is 100 cm³/mol. The van der Waals surface area contributed by atoms with E-state index >= 15 is 0 Å². The van der Waals surface area contributed by atoms with E-state index in [-0.39, 0.29) is 31.6 Å². The molecular weight excluding hydrogens is 520 g/mol. The van der Waals surface area contributed by atoms with Crippen LogP contribution in [0, 0.1) is 0 Å². The first kappa shape index (κ1) is 21.1. The zero-order valence-corrected chi connectivity index (χ0v) is 18.0. The van der Waals surface area contributed by atoms with Gasteiger partial charge in [-0.15, -0.1) is 0 Å². The van der Waals surface area contributed by atoms with Crippen LogP contribution in [0.2, 0.25) is 0 Å². The topological polar surface area (TPSA) is 127 Å². The Labute approximate surface area is 166 Å². The summed E-state index contributed by atoms with van der Waals surface area (Å²) in [5, 5.41) is 0. The Morgan fingerprint density at radius 3 is 1.27 bits per heavy atom. The second-order valence-corrected chi connectivity index (χ2v) is 9.40. The Balaban J connectivity index is 2.95. The fourth-order valence-electron chi connectivity index (χ4n) is 2.22. The van der Waals surface area contributed by atoms with Gasteiger partial charge in [-0.25, -0.2) is 0 Å². The molecule has 0 radical (unpaired) electrons. The van der Waals surface area contributed by atoms with E-state index in [0.717, 1.165) is 12.1 Å². The molecule has 0 fully saturated rings. The summed E-state index contributed by atoms with van der Waals surface area (Å²) in [6, 6.07) is 4.79. The van der Waals surface area contributed by atoms with Gasteiger partial charge >= 0.3 is 0 Å². The highest BCUT2D eigenvalue weighted by Crippen LogP contribution is 2.43. The normalized spacial score (nSPS) is 12.1. The molecule has 2 rings (SSSR count). The summed E-state index contributed by atoms with van der Waals surface area (Å²) >= 11 is 6.06. The SMILES string of the molecule is COc1cc(Br)c(S(=O)(=O)O)cc1-c1cc(S(=O)(=O)O)c(Br)cc1OC. The number of methoxy groups -OCH3 is 2. The van der Waals surface area contributed by atoms with Crippen LogP contribution in [0.5, 0.6) is 11.5 Å². The van der Waals surface area contributed by atoms with Gasteiger partial charge in [-0.05, 0) is 56.1 Å². The Morgan fingerprint density at radius 1 is 0.731 bits per heavy atom. The number of hydrogen-bond acceptors (Lipinski definition) is 6. The quantitative estimate of drug-likeness (QED) is 0.562. The Morgan fingerprint density at radius 2 is 1.04 bits per heavy atom. The van der Waals surface area contributed by atoms with Crippen molar-refractivity contribution in [1.82, 2.24) is 0 Å². The Hall–Kier alpha value is -1.18. The van der Waals surface area contributed by atoms with Crippen LogP contribution in [0.15, 0.2) is 43.0 Å². The summed E-state index contributed by atoms with van der Waals surface area (Å²) in [6.45, 7) is 0. The minimum absolute atomic E-state index is 0.0479. The van der Waals surface area contributed by atoms with Crippen molar-refractivity contribution in [2.24, 2.45) is 0 Å². The monoisotopic (exact) mass is 530 g/mol. The maximum atomic E-state index is 11.6. The maximum absolute atomic E-state index is 11.6. The van der Waals surface area contributed by atoms with Crippen molar-refractivity contribution < 1.29 is 35.4 Å². The summed E-state index contributed by atoms with van der Waals surface area (Å²) in [4.78, 5) is -0.904. The van der Waals surface area contributed by atoms with Crippen LogP contribution in [0.1, 0.15) is 0 Å². The molecule has 0 bridgehead atoms. The second-order valence-electron chi connectivity index (χ2n) is 4.92. The number of ether oxygens (including phenoxy) is 2. The standard InChI is InChI=1S/C14H12Br2O8S2/c1-23-11-5-9(15)13(25(17,18)19)3-7(11)8-4-14(26(20,21)22)10(16)6-12(8)24-2/h3-6H,1-2H3,(H,17,18,19)(H,20,21,22). The molecule has 0 saturated carbocycles. The number of benzene rings is 2. The molecule has 0 heterocycles. The predicted octanol–water partition coefficient (Wildman–Crippen LogP) is 3.39. The van der Waals surface area contributed by atoms with Gasteiger partial charge in [-0.1, -0.05) is 0 Å². The van der Waals surface area contributed by atoms with Crippen LogP contribution in [0.3, 0.4) is 0 Å². The van der Waals surface area contributed by atoms with Gasteiger partial charge in [0.2, 0.25) is 0 Å². The highest BCUT2D eigenvalue weighted by molar-refractivity contribution is 9.10. The molecule has 0 aliphatic carbocycles. The molecule has 0 spiro atoms. The van der Waals surface area contributed by atoms with Crippen LogP contribution in [0.25, 0.3) is 11.1 Å². The fourth-order valence-corrected chi connectivity index (χ4v) is 5.24. The van der Waals surface area contributed by atoms with Crippen LogP contribution in [-0.4, -0.2) is 40.2 Å². The van der Waals surface area contributed by atoms with Gasteiger partial charge < -0.3 is 9.47 Å². The van der Waals surface area contributed by atoms with E-state index in [1.165, 1.54) is 26.4 Å². The lowest BCUT2D eigenvalue weighted by Gasteiger charge is -2.16. The number of rotatable bonds is 5. The van der Waals surface area contributed by atoms with Crippen molar-refractivity contribution in [1.29, 1.82) is 0 Å². The second kappa shape index (κ2) is 7.44. The largest absolute Gasteiger partial charge is 0.496 e. The molecule has 0 atom stereocenters. The first-order valence-electron chi connectivity index (χ1n) is 6.60. The molecule has 0 saturated heterocycles. The van der Waals surface area contributed by atoms with Crippen LogP contribution < -0.4 is 9.47 Å². The number of halogens is 2. The molecule has 0 aliphatic heterocycles. The molecule has 0 aliphatic rings. The molecule has 142 valence electrons. The van der Waals surface area contributed by atoms with Crippen molar-refractivity contribution in [2.45, 2.75) is 9.79 Å². The van der Waals surface area contributed by atoms with Gasteiger partial charge in [-0.2, -0.15) is 16.8 Å². The van der Waals surface area contributed by atoms with Crippen LogP contribution in [0.4, 0.5) is 0 Å². The minimum Gasteiger partial charge on any atom is -0.496 e. The van der Waals surface area contributed by atoms with E-state index in [0.29, 0.717) is 0 Å². The summed E-state index contributed by atoms with van der Waals surface area (Å²) in [7, 11) is -6.50. The first-order chi connectivity index (χ1) is 11.9. The van der Waals surface area contributed by atoms with Crippen molar-refractivity contribution in [3.05, 3.63) is 33.2 Å². The highest BCUT2D eigenvalue weighted by Gasteiger charge is 2.24. The number of hydrogen-bond donors (Lipinski definition) is 2. The van der Waals surface area contributed by atoms with Gasteiger partial charge in [0.15, 0.2) is 0 Å². The smallest absolute Gasteiger partial charge is 0.295 e. The van der Waals surface area contributed by atoms with Crippen molar-refractivity contribution in [3.63, 3.8) is 0 Å². The summed E-state index contributed by atoms with van der Waals surface area (Å²) in [6.07, 6.45) is 0. The van der Waals surface area contributed by atoms with Crippen LogP contribution >= 0.6 is 31.9 Å². The Bertz CT molecular complexity index is 991. The average molecular weight is 532 g/mol. The van der Waals surface area contributed by atoms with E-state index in [4.69, 9.17) is 9.47 Å². The molecule has 0 aromatic heterocycles. The lowest BCUT2D eigenvalue weighted by atomic mass is 10.0. The van der Waals surface area contributed by atoms with E-state index in [2.05, 4.69) is 31.9 Å². The molecule has 2 aromatic carbocycles. The highest BCUT2D eigenvalue weighted by atomic mass is 79.9. The van der Waals surface area contributed by atoms with E-state index in [9.17, 15) is 25.9 Å². The van der Waals surface area contributed by atoms with E-state index in [1.54, 1.807) is 0 Å². The zero-order valence-electron chi connectivity index (χ0n) is 13.2. The maximum Gasteiger partial charge on any atom is 0.295 e. The van der Waals surface area contributed by atoms with Gasteiger partial charge in [0, 0.05) is 20.1 Å². The van der Waals surface area contributed by atoms with E-state index in [1.807, 2.05) is 0 Å². The minimum atomic E-state index is -4.58. The molecule has 0 amide bonds. The molecule has 8 nitrogen and oxygen atoms in total. The van der Waals surface area contributed by atoms with E-state index < -0.39 is 30.0 Å². The van der Waals surface area contributed by atoms with Crippen molar-refractivity contribution >= 4 is 52.1 Å². The van der Waals surface area contributed by atoms with Gasteiger partial charge in [-0.3, -0.25) is 9.11 Å². The third-order valence-corrected chi connectivity index (χ3v) is 6.98. The molecule has 0 unspecified atom stereocenters. The lowest BCUT2D eigenvalue weighted by molar-refractivity contribution is 0.409. The molecule has 26 heavy (non-hydrogen) atoms. The van der Waals surface area contributed by atoms with Crippen molar-refractivity contribution in [3.8, 4) is 22.6 Å². The zero-order chi connectivity index (χ0) is 19.9.